The maximum atomic E-state index is 13.2. The van der Waals surface area contributed by atoms with Crippen LogP contribution in [0.25, 0.3) is 0 Å². The number of aryl methyl sites for hydroxylation is 2. The summed E-state index contributed by atoms with van der Waals surface area (Å²) < 4.78 is 13.2. The van der Waals surface area contributed by atoms with Gasteiger partial charge in [-0.1, -0.05) is 35.4 Å². The average Bonchev–Trinajstić information content (AvgIpc) is 2.37. The molecular weight excluding hydrogens is 253 g/mol. The molecule has 0 aliphatic carbocycles. The van der Waals surface area contributed by atoms with Gasteiger partial charge in [0.15, 0.2) is 0 Å². The van der Waals surface area contributed by atoms with Gasteiger partial charge in [-0.3, -0.25) is 0 Å². The summed E-state index contributed by atoms with van der Waals surface area (Å²) in [6.45, 7) is 4.45. The highest BCUT2D eigenvalue weighted by Gasteiger charge is 2.12. The molecule has 106 valence electrons. The lowest BCUT2D eigenvalue weighted by Gasteiger charge is -2.23. The summed E-state index contributed by atoms with van der Waals surface area (Å²) >= 11 is 0. The van der Waals surface area contributed by atoms with E-state index in [2.05, 4.69) is 6.07 Å². The second kappa shape index (κ2) is 6.06. The Hall–Kier alpha value is -1.87. The molecule has 0 amide bonds. The Bertz CT molecular complexity index is 577. The van der Waals surface area contributed by atoms with Crippen molar-refractivity contribution in [3.63, 3.8) is 0 Å². The second-order valence-electron chi connectivity index (χ2n) is 5.30. The molecule has 0 fully saturated rings. The Morgan fingerprint density at radius 2 is 1.75 bits per heavy atom. The fourth-order valence-corrected chi connectivity index (χ4v) is 2.39. The number of rotatable bonds is 4. The third-order valence-electron chi connectivity index (χ3n) is 3.32. The number of hydrogen-bond donors (Lipinski definition) is 1. The molecule has 2 nitrogen and oxygen atoms in total. The summed E-state index contributed by atoms with van der Waals surface area (Å²) in [5.41, 5.74) is 3.92. The standard InChI is InChI=1S/C17H20FNO/c1-12-7-13(2)9-14(8-12)17(20)11-19(3)16-6-4-5-15(18)10-16/h4-10,17,20H,11H2,1-3H3. The molecule has 0 aromatic heterocycles. The van der Waals surface area contributed by atoms with Crippen LogP contribution in [0.1, 0.15) is 22.8 Å². The van der Waals surface area contributed by atoms with Gasteiger partial charge >= 0.3 is 0 Å². The molecule has 3 heteroatoms. The minimum absolute atomic E-state index is 0.268. The van der Waals surface area contributed by atoms with Crippen LogP contribution in [0, 0.1) is 19.7 Å². The van der Waals surface area contributed by atoms with E-state index in [9.17, 15) is 9.50 Å². The fraction of sp³-hybridized carbons (Fsp3) is 0.294. The highest BCUT2D eigenvalue weighted by Crippen LogP contribution is 2.21. The van der Waals surface area contributed by atoms with Crippen LogP contribution in [0.4, 0.5) is 10.1 Å². The van der Waals surface area contributed by atoms with Crippen molar-refractivity contribution in [2.45, 2.75) is 20.0 Å². The Balaban J connectivity index is 2.12. The largest absolute Gasteiger partial charge is 0.387 e. The first-order chi connectivity index (χ1) is 9.45. The van der Waals surface area contributed by atoms with Gasteiger partial charge in [0.2, 0.25) is 0 Å². The van der Waals surface area contributed by atoms with Gasteiger partial charge in [0, 0.05) is 19.3 Å². The maximum absolute atomic E-state index is 13.2. The zero-order chi connectivity index (χ0) is 14.7. The lowest BCUT2D eigenvalue weighted by atomic mass is 10.0. The molecule has 1 N–H and O–H groups in total. The van der Waals surface area contributed by atoms with E-state index in [4.69, 9.17) is 0 Å². The molecule has 0 saturated carbocycles. The zero-order valence-electron chi connectivity index (χ0n) is 12.1. The SMILES string of the molecule is Cc1cc(C)cc(C(O)CN(C)c2cccc(F)c2)c1. The van der Waals surface area contributed by atoms with Gasteiger partial charge in [0.05, 0.1) is 6.10 Å². The molecule has 2 aromatic carbocycles. The maximum Gasteiger partial charge on any atom is 0.125 e. The first kappa shape index (κ1) is 14.5. The van der Waals surface area contributed by atoms with Gasteiger partial charge in [-0.2, -0.15) is 0 Å². The topological polar surface area (TPSA) is 23.5 Å². The predicted molar refractivity (Wildman–Crippen MR) is 80.5 cm³/mol. The lowest BCUT2D eigenvalue weighted by molar-refractivity contribution is 0.185. The van der Waals surface area contributed by atoms with Crippen molar-refractivity contribution in [1.82, 2.24) is 0 Å². The lowest BCUT2D eigenvalue weighted by Crippen LogP contribution is -2.24. The van der Waals surface area contributed by atoms with Gasteiger partial charge in [0.1, 0.15) is 5.82 Å². The number of aliphatic hydroxyl groups is 1. The minimum atomic E-state index is -0.595. The van der Waals surface area contributed by atoms with Gasteiger partial charge in [-0.15, -0.1) is 0 Å². The molecule has 0 spiro atoms. The molecular formula is C17H20FNO. The zero-order valence-corrected chi connectivity index (χ0v) is 12.1. The molecule has 0 bridgehead atoms. The third-order valence-corrected chi connectivity index (χ3v) is 3.32. The van der Waals surface area contributed by atoms with Gasteiger partial charge in [-0.25, -0.2) is 4.39 Å². The molecule has 0 aliphatic rings. The molecule has 0 aliphatic heterocycles. The van der Waals surface area contributed by atoms with E-state index >= 15 is 0 Å². The summed E-state index contributed by atoms with van der Waals surface area (Å²) in [5.74, 6) is -0.268. The Kier molecular flexibility index (Phi) is 4.40. The van der Waals surface area contributed by atoms with E-state index in [1.807, 2.05) is 44.0 Å². The van der Waals surface area contributed by atoms with Gasteiger partial charge < -0.3 is 10.0 Å². The van der Waals surface area contributed by atoms with Crippen molar-refractivity contribution in [2.75, 3.05) is 18.5 Å². The predicted octanol–water partition coefficient (Wildman–Crippen LogP) is 3.61. The molecule has 0 saturated heterocycles. The van der Waals surface area contributed by atoms with Crippen molar-refractivity contribution in [2.24, 2.45) is 0 Å². The van der Waals surface area contributed by atoms with Crippen molar-refractivity contribution >= 4 is 5.69 Å². The Morgan fingerprint density at radius 1 is 1.10 bits per heavy atom. The first-order valence-corrected chi connectivity index (χ1v) is 6.68. The van der Waals surface area contributed by atoms with Crippen LogP contribution in [-0.4, -0.2) is 18.7 Å². The smallest absolute Gasteiger partial charge is 0.125 e. The fourth-order valence-electron chi connectivity index (χ4n) is 2.39. The van der Waals surface area contributed by atoms with Crippen LogP contribution in [0.3, 0.4) is 0 Å². The Morgan fingerprint density at radius 3 is 2.35 bits per heavy atom. The second-order valence-corrected chi connectivity index (χ2v) is 5.30. The average molecular weight is 273 g/mol. The number of nitrogens with zero attached hydrogens (tertiary/aromatic N) is 1. The van der Waals surface area contributed by atoms with Gasteiger partial charge in [0.25, 0.3) is 0 Å². The summed E-state index contributed by atoms with van der Waals surface area (Å²) in [6.07, 6.45) is -0.595. The molecule has 2 rings (SSSR count). The normalized spacial score (nSPS) is 12.2. The highest BCUT2D eigenvalue weighted by molar-refractivity contribution is 5.46. The molecule has 0 radical (unpaired) electrons. The van der Waals surface area contributed by atoms with Crippen LogP contribution in [0.5, 0.6) is 0 Å². The molecule has 2 aromatic rings. The summed E-state index contributed by atoms with van der Waals surface area (Å²) in [6, 6.07) is 12.4. The summed E-state index contributed by atoms with van der Waals surface area (Å²) in [7, 11) is 1.85. The summed E-state index contributed by atoms with van der Waals surface area (Å²) in [4.78, 5) is 1.85. The van der Waals surface area contributed by atoms with E-state index in [0.29, 0.717) is 6.54 Å². The number of aliphatic hydroxyl groups excluding tert-OH is 1. The van der Waals surface area contributed by atoms with E-state index < -0.39 is 6.10 Å². The minimum Gasteiger partial charge on any atom is -0.387 e. The van der Waals surface area contributed by atoms with E-state index in [1.165, 1.54) is 12.1 Å². The first-order valence-electron chi connectivity index (χ1n) is 6.68. The van der Waals surface area contributed by atoms with E-state index in [0.717, 1.165) is 22.4 Å². The van der Waals surface area contributed by atoms with Crippen LogP contribution < -0.4 is 4.90 Å². The molecule has 1 atom stereocenters. The van der Waals surface area contributed by atoms with Crippen LogP contribution in [0.15, 0.2) is 42.5 Å². The molecule has 20 heavy (non-hydrogen) atoms. The van der Waals surface area contributed by atoms with Crippen molar-refractivity contribution in [3.8, 4) is 0 Å². The van der Waals surface area contributed by atoms with Crippen LogP contribution in [-0.2, 0) is 0 Å². The van der Waals surface area contributed by atoms with Crippen LogP contribution >= 0.6 is 0 Å². The number of anilines is 1. The quantitative estimate of drug-likeness (QED) is 0.920. The van der Waals surface area contributed by atoms with Crippen molar-refractivity contribution in [1.29, 1.82) is 0 Å². The number of likely N-dealkylation sites (N-methyl/N-ethyl adjacent to an activating group) is 1. The monoisotopic (exact) mass is 273 g/mol. The Labute approximate surface area is 119 Å². The number of hydrogen-bond acceptors (Lipinski definition) is 2. The van der Waals surface area contributed by atoms with E-state index in [1.54, 1.807) is 6.07 Å². The summed E-state index contributed by atoms with van der Waals surface area (Å²) in [5, 5.41) is 10.3. The van der Waals surface area contributed by atoms with Crippen LogP contribution in [0.2, 0.25) is 0 Å². The van der Waals surface area contributed by atoms with Gasteiger partial charge in [-0.05, 0) is 37.6 Å². The molecule has 0 heterocycles. The third kappa shape index (κ3) is 3.58. The molecule has 1 unspecified atom stereocenters. The van der Waals surface area contributed by atoms with Crippen molar-refractivity contribution < 1.29 is 9.50 Å². The highest BCUT2D eigenvalue weighted by atomic mass is 19.1. The van der Waals surface area contributed by atoms with E-state index in [-0.39, 0.29) is 5.82 Å². The number of halogens is 1. The number of benzene rings is 2. The van der Waals surface area contributed by atoms with Crippen molar-refractivity contribution in [3.05, 3.63) is 65.0 Å².